The molecule has 0 saturated carbocycles. The van der Waals surface area contributed by atoms with Gasteiger partial charge in [-0.15, -0.1) is 0 Å². The highest BCUT2D eigenvalue weighted by atomic mass is 19.1. The van der Waals surface area contributed by atoms with Gasteiger partial charge in [-0.25, -0.2) is 9.82 Å². The Labute approximate surface area is 192 Å². The summed E-state index contributed by atoms with van der Waals surface area (Å²) in [6.07, 6.45) is 1.59. The summed E-state index contributed by atoms with van der Waals surface area (Å²) in [4.78, 5) is 14.1. The van der Waals surface area contributed by atoms with E-state index in [1.54, 1.807) is 18.3 Å². The van der Waals surface area contributed by atoms with Crippen molar-refractivity contribution in [3.05, 3.63) is 121 Å². The number of amides is 1. The quantitative estimate of drug-likeness (QED) is 0.268. The summed E-state index contributed by atoms with van der Waals surface area (Å²) >= 11 is 0. The number of anilines is 4. The molecule has 0 unspecified atom stereocenters. The fourth-order valence-corrected chi connectivity index (χ4v) is 3.28. The molecule has 0 aliphatic carbocycles. The molecule has 164 valence electrons. The predicted molar refractivity (Wildman–Crippen MR) is 132 cm³/mol. The van der Waals surface area contributed by atoms with E-state index in [0.717, 1.165) is 22.6 Å². The van der Waals surface area contributed by atoms with Gasteiger partial charge in [-0.1, -0.05) is 48.5 Å². The van der Waals surface area contributed by atoms with Gasteiger partial charge in [-0.3, -0.25) is 4.79 Å². The maximum Gasteiger partial charge on any atom is 0.259 e. The Kier molecular flexibility index (Phi) is 7.08. The number of carbonyl (C=O) groups is 1. The number of hydrogen-bond acceptors (Lipinski definition) is 4. The molecule has 1 amide bonds. The summed E-state index contributed by atoms with van der Waals surface area (Å²) < 4.78 is 12.9. The summed E-state index contributed by atoms with van der Waals surface area (Å²) in [6, 6.07) is 34.0. The van der Waals surface area contributed by atoms with E-state index >= 15 is 0 Å². The van der Waals surface area contributed by atoms with Crippen molar-refractivity contribution in [2.24, 2.45) is 5.10 Å². The normalized spacial score (nSPS) is 10.7. The van der Waals surface area contributed by atoms with E-state index in [2.05, 4.69) is 45.0 Å². The van der Waals surface area contributed by atoms with E-state index in [-0.39, 0.29) is 18.3 Å². The van der Waals surface area contributed by atoms with Crippen LogP contribution in [-0.2, 0) is 4.79 Å². The molecule has 6 heteroatoms. The minimum atomic E-state index is -0.323. The lowest BCUT2D eigenvalue weighted by atomic mass is 10.1. The van der Waals surface area contributed by atoms with Crippen LogP contribution in [0.4, 0.5) is 27.1 Å². The second-order valence-corrected chi connectivity index (χ2v) is 7.25. The Bertz CT molecular complexity index is 1160. The van der Waals surface area contributed by atoms with E-state index in [9.17, 15) is 9.18 Å². The van der Waals surface area contributed by atoms with Crippen molar-refractivity contribution >= 4 is 34.9 Å². The van der Waals surface area contributed by atoms with Crippen molar-refractivity contribution in [3.8, 4) is 0 Å². The smallest absolute Gasteiger partial charge is 0.259 e. The standard InChI is InChI=1S/C27H23FN4O/c28-22-13-15-23(16-14-22)29-20-27(33)31-30-19-21-11-17-26(18-12-21)32(24-7-3-1-4-8-24)25-9-5-2-6-10-25/h1-19,29H,20H2,(H,31,33). The molecule has 5 nitrogen and oxygen atoms in total. The Morgan fingerprint density at radius 1 is 0.758 bits per heavy atom. The summed E-state index contributed by atoms with van der Waals surface area (Å²) in [5, 5.41) is 6.93. The molecule has 4 rings (SSSR count). The Balaban J connectivity index is 1.39. The highest BCUT2D eigenvalue weighted by molar-refractivity contribution is 5.85. The van der Waals surface area contributed by atoms with Crippen molar-refractivity contribution in [2.45, 2.75) is 0 Å². The first kappa shape index (κ1) is 21.8. The number of carbonyl (C=O) groups excluding carboxylic acids is 1. The van der Waals surface area contributed by atoms with Crippen molar-refractivity contribution in [1.29, 1.82) is 0 Å². The van der Waals surface area contributed by atoms with Gasteiger partial charge >= 0.3 is 0 Å². The second kappa shape index (κ2) is 10.7. The molecule has 4 aromatic rings. The van der Waals surface area contributed by atoms with Crippen LogP contribution in [0.5, 0.6) is 0 Å². The minimum absolute atomic E-state index is 0.0328. The van der Waals surface area contributed by atoms with Gasteiger partial charge in [0.25, 0.3) is 5.91 Å². The van der Waals surface area contributed by atoms with Crippen LogP contribution in [0, 0.1) is 5.82 Å². The van der Waals surface area contributed by atoms with Crippen molar-refractivity contribution in [3.63, 3.8) is 0 Å². The first-order valence-electron chi connectivity index (χ1n) is 10.5. The van der Waals surface area contributed by atoms with Gasteiger partial charge in [-0.2, -0.15) is 5.10 Å². The van der Waals surface area contributed by atoms with Crippen molar-refractivity contribution in [2.75, 3.05) is 16.8 Å². The molecule has 0 heterocycles. The largest absolute Gasteiger partial charge is 0.376 e. The third-order valence-corrected chi connectivity index (χ3v) is 4.88. The molecule has 0 atom stereocenters. The van der Waals surface area contributed by atoms with E-state index in [1.165, 1.54) is 12.1 Å². The summed E-state index contributed by atoms with van der Waals surface area (Å²) in [7, 11) is 0. The van der Waals surface area contributed by atoms with Gasteiger partial charge in [0.2, 0.25) is 0 Å². The van der Waals surface area contributed by atoms with Gasteiger partial charge in [0.15, 0.2) is 0 Å². The number of benzene rings is 4. The summed E-state index contributed by atoms with van der Waals surface area (Å²) in [5.74, 6) is -0.622. The zero-order valence-electron chi connectivity index (χ0n) is 17.9. The monoisotopic (exact) mass is 438 g/mol. The highest BCUT2D eigenvalue weighted by Gasteiger charge is 2.11. The molecular formula is C27H23FN4O. The molecule has 33 heavy (non-hydrogen) atoms. The van der Waals surface area contributed by atoms with E-state index in [1.807, 2.05) is 60.7 Å². The molecule has 0 aromatic heterocycles. The van der Waals surface area contributed by atoms with Crippen LogP contribution in [0.3, 0.4) is 0 Å². The molecular weight excluding hydrogens is 415 g/mol. The number of hydrogen-bond donors (Lipinski definition) is 2. The molecule has 0 aliphatic rings. The fraction of sp³-hybridized carbons (Fsp3) is 0.0370. The van der Waals surface area contributed by atoms with Crippen molar-refractivity contribution < 1.29 is 9.18 Å². The molecule has 0 radical (unpaired) electrons. The van der Waals surface area contributed by atoms with Crippen LogP contribution < -0.4 is 15.6 Å². The minimum Gasteiger partial charge on any atom is -0.376 e. The maximum atomic E-state index is 12.9. The summed E-state index contributed by atoms with van der Waals surface area (Å²) in [6.45, 7) is 0.0328. The Morgan fingerprint density at radius 3 is 1.88 bits per heavy atom. The average Bonchev–Trinajstić information content (AvgIpc) is 2.86. The van der Waals surface area contributed by atoms with Gasteiger partial charge in [-0.05, 0) is 66.2 Å². The van der Waals surface area contributed by atoms with Crippen molar-refractivity contribution in [1.82, 2.24) is 5.43 Å². The lowest BCUT2D eigenvalue weighted by Gasteiger charge is -2.25. The number of para-hydroxylation sites is 2. The average molecular weight is 439 g/mol. The molecule has 0 bridgehead atoms. The lowest BCUT2D eigenvalue weighted by Crippen LogP contribution is -2.25. The fourth-order valence-electron chi connectivity index (χ4n) is 3.28. The molecule has 0 spiro atoms. The molecule has 0 aliphatic heterocycles. The predicted octanol–water partition coefficient (Wildman–Crippen LogP) is 5.86. The maximum absolute atomic E-state index is 12.9. The van der Waals surface area contributed by atoms with Crippen LogP contribution in [0.2, 0.25) is 0 Å². The first-order chi connectivity index (χ1) is 16.2. The number of halogens is 1. The molecule has 2 N–H and O–H groups in total. The van der Waals surface area contributed by atoms with Crippen LogP contribution in [0.25, 0.3) is 0 Å². The van der Waals surface area contributed by atoms with E-state index in [4.69, 9.17) is 0 Å². The Morgan fingerprint density at radius 2 is 1.30 bits per heavy atom. The lowest BCUT2D eigenvalue weighted by molar-refractivity contribution is -0.119. The molecule has 0 fully saturated rings. The number of nitrogens with zero attached hydrogens (tertiary/aromatic N) is 2. The van der Waals surface area contributed by atoms with Gasteiger partial charge in [0.1, 0.15) is 5.82 Å². The zero-order chi connectivity index (χ0) is 22.9. The van der Waals surface area contributed by atoms with Crippen LogP contribution in [0.1, 0.15) is 5.56 Å². The topological polar surface area (TPSA) is 56.7 Å². The molecule has 0 saturated heterocycles. The molecule has 4 aromatic carbocycles. The SMILES string of the molecule is O=C(CNc1ccc(F)cc1)NN=Cc1ccc(N(c2ccccc2)c2ccccc2)cc1. The van der Waals surface area contributed by atoms with Gasteiger partial charge in [0.05, 0.1) is 12.8 Å². The highest BCUT2D eigenvalue weighted by Crippen LogP contribution is 2.33. The van der Waals surface area contributed by atoms with E-state index in [0.29, 0.717) is 5.69 Å². The van der Waals surface area contributed by atoms with E-state index < -0.39 is 0 Å². The number of rotatable bonds is 8. The van der Waals surface area contributed by atoms with Gasteiger partial charge < -0.3 is 10.2 Å². The Hall–Kier alpha value is -4.45. The van der Waals surface area contributed by atoms with Crippen LogP contribution >= 0.6 is 0 Å². The third-order valence-electron chi connectivity index (χ3n) is 4.88. The number of hydrazone groups is 1. The third kappa shape index (κ3) is 6.04. The van der Waals surface area contributed by atoms with Crippen LogP contribution in [-0.4, -0.2) is 18.7 Å². The number of nitrogens with one attached hydrogen (secondary N) is 2. The second-order valence-electron chi connectivity index (χ2n) is 7.25. The summed E-state index contributed by atoms with van der Waals surface area (Å²) in [5.41, 5.74) is 7.13. The van der Waals surface area contributed by atoms with Gasteiger partial charge in [0, 0.05) is 22.7 Å². The zero-order valence-corrected chi connectivity index (χ0v) is 17.9. The van der Waals surface area contributed by atoms with Crippen LogP contribution in [0.15, 0.2) is 114 Å². The first-order valence-corrected chi connectivity index (χ1v) is 10.5.